The van der Waals surface area contributed by atoms with E-state index in [1.54, 1.807) is 20.8 Å². The van der Waals surface area contributed by atoms with Gasteiger partial charge in [-0.25, -0.2) is 4.79 Å². The van der Waals surface area contributed by atoms with Gasteiger partial charge >= 0.3 is 12.1 Å². The maximum Gasteiger partial charge on any atom is 0.411 e. The van der Waals surface area contributed by atoms with Crippen molar-refractivity contribution in [1.29, 1.82) is 0 Å². The Bertz CT molecular complexity index is 586. The minimum absolute atomic E-state index is 0.405. The highest BCUT2D eigenvalue weighted by atomic mass is 16.6. The fraction of sp³-hybridized carbons (Fsp3) is 0.375. The highest BCUT2D eigenvalue weighted by Gasteiger charge is 2.32. The minimum atomic E-state index is -1.07. The number of hydrogen-bond acceptors (Lipinski definition) is 3. The van der Waals surface area contributed by atoms with Gasteiger partial charge in [0.2, 0.25) is 0 Å². The minimum Gasteiger partial charge on any atom is -0.480 e. The maximum absolute atomic E-state index is 12.3. The molecule has 21 heavy (non-hydrogen) atoms. The number of carbonyl (C=O) groups is 2. The van der Waals surface area contributed by atoms with Crippen LogP contribution in [0, 0.1) is 0 Å². The molecule has 5 nitrogen and oxygen atoms in total. The van der Waals surface area contributed by atoms with Gasteiger partial charge in [-0.2, -0.15) is 0 Å². The smallest absolute Gasteiger partial charge is 0.411 e. The second kappa shape index (κ2) is 5.60. The second-order valence-electron chi connectivity index (χ2n) is 5.93. The molecule has 0 spiro atoms. The normalized spacial score (nSPS) is 16.4. The lowest BCUT2D eigenvalue weighted by Crippen LogP contribution is -2.41. The fourth-order valence-electron chi connectivity index (χ4n) is 2.25. The van der Waals surface area contributed by atoms with Crippen LogP contribution in [0.2, 0.25) is 0 Å². The number of carbonyl (C=O) groups excluding carboxylic acids is 1. The standard InChI is InChI=1S/C16H19NO4/c1-16(2,3)21-15(20)17(10-14(18)19)13-9-8-11-6-4-5-7-12(11)13/h4-9,13H,10H2,1-3H3,(H,18,19). The fourth-order valence-corrected chi connectivity index (χ4v) is 2.25. The van der Waals surface area contributed by atoms with Crippen molar-refractivity contribution in [3.8, 4) is 0 Å². The van der Waals surface area contributed by atoms with Crippen LogP contribution in [0.5, 0.6) is 0 Å². The van der Waals surface area contributed by atoms with Gasteiger partial charge in [-0.3, -0.25) is 9.69 Å². The Morgan fingerprint density at radius 1 is 1.29 bits per heavy atom. The summed E-state index contributed by atoms with van der Waals surface area (Å²) in [4.78, 5) is 24.6. The number of hydrogen-bond donors (Lipinski definition) is 1. The zero-order valence-corrected chi connectivity index (χ0v) is 12.4. The number of amides is 1. The van der Waals surface area contributed by atoms with E-state index in [0.29, 0.717) is 0 Å². The topological polar surface area (TPSA) is 66.8 Å². The largest absolute Gasteiger partial charge is 0.480 e. The maximum atomic E-state index is 12.3. The molecule has 1 amide bonds. The molecule has 0 saturated heterocycles. The molecule has 0 radical (unpaired) electrons. The molecule has 1 aromatic carbocycles. The van der Waals surface area contributed by atoms with Crippen LogP contribution in [0.25, 0.3) is 6.08 Å². The molecular weight excluding hydrogens is 270 g/mol. The lowest BCUT2D eigenvalue weighted by atomic mass is 10.1. The molecule has 0 bridgehead atoms. The molecule has 0 aliphatic heterocycles. The van der Waals surface area contributed by atoms with Crippen molar-refractivity contribution in [1.82, 2.24) is 4.90 Å². The summed E-state index contributed by atoms with van der Waals surface area (Å²) >= 11 is 0. The van der Waals surface area contributed by atoms with Crippen molar-refractivity contribution in [2.24, 2.45) is 0 Å². The molecule has 1 aliphatic rings. The molecule has 1 unspecified atom stereocenters. The average molecular weight is 289 g/mol. The Kier molecular flexibility index (Phi) is 4.02. The van der Waals surface area contributed by atoms with E-state index in [-0.39, 0.29) is 0 Å². The predicted octanol–water partition coefficient (Wildman–Crippen LogP) is 3.08. The SMILES string of the molecule is CC(C)(C)OC(=O)N(CC(=O)O)C1C=Cc2ccccc21. The molecule has 1 aliphatic carbocycles. The summed E-state index contributed by atoms with van der Waals surface area (Å²) in [6.45, 7) is 4.85. The van der Waals surface area contributed by atoms with E-state index in [1.807, 2.05) is 36.4 Å². The van der Waals surface area contributed by atoms with E-state index in [4.69, 9.17) is 9.84 Å². The van der Waals surface area contributed by atoms with Crippen molar-refractivity contribution in [2.45, 2.75) is 32.4 Å². The summed E-state index contributed by atoms with van der Waals surface area (Å²) in [5.41, 5.74) is 1.22. The Morgan fingerprint density at radius 3 is 2.57 bits per heavy atom. The van der Waals surface area contributed by atoms with Crippen molar-refractivity contribution < 1.29 is 19.4 Å². The van der Waals surface area contributed by atoms with E-state index in [1.165, 1.54) is 4.90 Å². The Morgan fingerprint density at radius 2 is 1.95 bits per heavy atom. The van der Waals surface area contributed by atoms with Crippen molar-refractivity contribution in [3.05, 3.63) is 41.5 Å². The molecule has 0 saturated carbocycles. The van der Waals surface area contributed by atoms with Crippen LogP contribution >= 0.6 is 0 Å². The molecular formula is C16H19NO4. The first-order valence-corrected chi connectivity index (χ1v) is 6.76. The molecule has 2 rings (SSSR count). The first-order chi connectivity index (χ1) is 9.78. The zero-order chi connectivity index (χ0) is 15.6. The first kappa shape index (κ1) is 15.1. The van der Waals surface area contributed by atoms with E-state index >= 15 is 0 Å². The number of carboxylic acids is 1. The Hall–Kier alpha value is -2.30. The van der Waals surface area contributed by atoms with Crippen LogP contribution in [0.1, 0.15) is 37.9 Å². The molecule has 1 aromatic rings. The van der Waals surface area contributed by atoms with Crippen LogP contribution in [-0.2, 0) is 9.53 Å². The molecule has 0 aromatic heterocycles. The van der Waals surface area contributed by atoms with Gasteiger partial charge in [-0.05, 0) is 31.9 Å². The van der Waals surface area contributed by atoms with Crippen molar-refractivity contribution in [3.63, 3.8) is 0 Å². The molecule has 1 N–H and O–H groups in total. The summed E-state index contributed by atoms with van der Waals surface area (Å²) < 4.78 is 5.32. The average Bonchev–Trinajstić information content (AvgIpc) is 2.77. The van der Waals surface area contributed by atoms with Gasteiger partial charge in [0.25, 0.3) is 0 Å². The van der Waals surface area contributed by atoms with Crippen LogP contribution in [0.15, 0.2) is 30.3 Å². The van der Waals surface area contributed by atoms with Crippen molar-refractivity contribution in [2.75, 3.05) is 6.54 Å². The number of carboxylic acid groups (broad SMARTS) is 1. The van der Waals surface area contributed by atoms with E-state index < -0.39 is 30.3 Å². The number of fused-ring (bicyclic) bond motifs is 1. The summed E-state index contributed by atoms with van der Waals surface area (Å²) in [5.74, 6) is -1.07. The van der Waals surface area contributed by atoms with Crippen LogP contribution in [0.4, 0.5) is 4.79 Å². The molecule has 5 heteroatoms. The number of rotatable bonds is 3. The monoisotopic (exact) mass is 289 g/mol. The summed E-state index contributed by atoms with van der Waals surface area (Å²) in [5, 5.41) is 9.07. The molecule has 0 fully saturated rings. The van der Waals surface area contributed by atoms with Crippen molar-refractivity contribution >= 4 is 18.1 Å². The van der Waals surface area contributed by atoms with Gasteiger partial charge in [0.05, 0.1) is 6.04 Å². The summed E-state index contributed by atoms with van der Waals surface area (Å²) in [6, 6.07) is 7.18. The summed E-state index contributed by atoms with van der Waals surface area (Å²) in [7, 11) is 0. The first-order valence-electron chi connectivity index (χ1n) is 6.76. The number of benzene rings is 1. The van der Waals surface area contributed by atoms with Crippen LogP contribution < -0.4 is 0 Å². The third-order valence-corrected chi connectivity index (χ3v) is 3.04. The highest BCUT2D eigenvalue weighted by Crippen LogP contribution is 2.33. The van der Waals surface area contributed by atoms with Gasteiger partial charge < -0.3 is 9.84 Å². The molecule has 112 valence electrons. The number of ether oxygens (including phenoxy) is 1. The Labute approximate surface area is 123 Å². The van der Waals surface area contributed by atoms with Gasteiger partial charge in [0, 0.05) is 0 Å². The molecule has 1 atom stereocenters. The number of aliphatic carboxylic acids is 1. The quantitative estimate of drug-likeness (QED) is 0.928. The zero-order valence-electron chi connectivity index (χ0n) is 12.4. The lowest BCUT2D eigenvalue weighted by Gasteiger charge is -2.30. The van der Waals surface area contributed by atoms with Gasteiger partial charge in [-0.1, -0.05) is 36.4 Å². The summed E-state index contributed by atoms with van der Waals surface area (Å²) in [6.07, 6.45) is 3.08. The van der Waals surface area contributed by atoms with Gasteiger partial charge in [0.1, 0.15) is 12.1 Å². The predicted molar refractivity (Wildman–Crippen MR) is 78.8 cm³/mol. The third-order valence-electron chi connectivity index (χ3n) is 3.04. The van der Waals surface area contributed by atoms with E-state index in [9.17, 15) is 9.59 Å². The Balaban J connectivity index is 2.28. The van der Waals surface area contributed by atoms with Gasteiger partial charge in [0.15, 0.2) is 0 Å². The van der Waals surface area contributed by atoms with Gasteiger partial charge in [-0.15, -0.1) is 0 Å². The van der Waals surface area contributed by atoms with E-state index in [2.05, 4.69) is 0 Å². The highest BCUT2D eigenvalue weighted by molar-refractivity contribution is 5.79. The number of nitrogens with zero attached hydrogens (tertiary/aromatic N) is 1. The third kappa shape index (κ3) is 3.62. The lowest BCUT2D eigenvalue weighted by molar-refractivity contribution is -0.138. The second-order valence-corrected chi connectivity index (χ2v) is 5.93. The van der Waals surface area contributed by atoms with Crippen LogP contribution in [-0.4, -0.2) is 34.2 Å². The van der Waals surface area contributed by atoms with E-state index in [0.717, 1.165) is 11.1 Å². The van der Waals surface area contributed by atoms with Crippen LogP contribution in [0.3, 0.4) is 0 Å². The molecule has 0 heterocycles.